The number of hydrogen-bond acceptors (Lipinski definition) is 4. The van der Waals surface area contributed by atoms with E-state index in [0.29, 0.717) is 13.0 Å². The maximum absolute atomic E-state index is 12.5. The second-order valence-corrected chi connectivity index (χ2v) is 7.19. The second-order valence-electron chi connectivity index (χ2n) is 7.19. The van der Waals surface area contributed by atoms with Gasteiger partial charge in [0.15, 0.2) is 0 Å². The molecule has 0 bridgehead atoms. The van der Waals surface area contributed by atoms with Crippen molar-refractivity contribution in [2.24, 2.45) is 0 Å². The Labute approximate surface area is 168 Å². The number of hydrogen-bond donors (Lipinski definition) is 1. The van der Waals surface area contributed by atoms with E-state index >= 15 is 0 Å². The van der Waals surface area contributed by atoms with Crippen LogP contribution in [0, 0.1) is 0 Å². The van der Waals surface area contributed by atoms with Crippen molar-refractivity contribution in [1.29, 1.82) is 0 Å². The Morgan fingerprint density at radius 1 is 1.04 bits per heavy atom. The minimum atomic E-state index is 0.0540. The smallest absolute Gasteiger partial charge is 0.224 e. The first-order valence-electron chi connectivity index (χ1n) is 10.1. The summed E-state index contributed by atoms with van der Waals surface area (Å²) in [5.41, 5.74) is 2.17. The Morgan fingerprint density at radius 2 is 1.71 bits per heavy atom. The molecule has 1 amide bonds. The van der Waals surface area contributed by atoms with Gasteiger partial charge >= 0.3 is 0 Å². The molecule has 2 aromatic rings. The summed E-state index contributed by atoms with van der Waals surface area (Å²) in [6.45, 7) is 7.97. The molecule has 28 heavy (non-hydrogen) atoms. The lowest BCUT2D eigenvalue weighted by molar-refractivity contribution is -0.120. The molecule has 1 saturated heterocycles. The molecule has 1 heterocycles. The van der Waals surface area contributed by atoms with Crippen molar-refractivity contribution < 1.29 is 9.53 Å². The fourth-order valence-corrected chi connectivity index (χ4v) is 3.82. The third-order valence-corrected chi connectivity index (χ3v) is 5.49. The predicted octanol–water partition coefficient (Wildman–Crippen LogP) is 2.73. The molecule has 0 aromatic heterocycles. The van der Waals surface area contributed by atoms with Gasteiger partial charge in [0.1, 0.15) is 5.75 Å². The Morgan fingerprint density at radius 3 is 2.39 bits per heavy atom. The molecule has 150 valence electrons. The second kappa shape index (κ2) is 10.2. The van der Waals surface area contributed by atoms with Gasteiger partial charge in [-0.1, -0.05) is 55.5 Å². The van der Waals surface area contributed by atoms with Gasteiger partial charge in [-0.05, 0) is 18.2 Å². The number of nitrogens with zero attached hydrogens (tertiary/aromatic N) is 2. The van der Waals surface area contributed by atoms with Crippen molar-refractivity contribution in [2.45, 2.75) is 19.4 Å². The molecule has 0 saturated carbocycles. The Kier molecular flexibility index (Phi) is 7.46. The molecule has 3 rings (SSSR count). The van der Waals surface area contributed by atoms with Crippen LogP contribution in [0.25, 0.3) is 0 Å². The van der Waals surface area contributed by atoms with Crippen molar-refractivity contribution in [3.8, 4) is 5.75 Å². The molecule has 1 N–H and O–H groups in total. The van der Waals surface area contributed by atoms with E-state index in [2.05, 4.69) is 28.1 Å². The Balaban J connectivity index is 1.70. The van der Waals surface area contributed by atoms with Gasteiger partial charge in [0, 0.05) is 38.3 Å². The quantitative estimate of drug-likeness (QED) is 0.764. The first-order chi connectivity index (χ1) is 13.7. The predicted molar refractivity (Wildman–Crippen MR) is 113 cm³/mol. The number of amides is 1. The van der Waals surface area contributed by atoms with E-state index in [1.807, 2.05) is 48.5 Å². The molecular weight excluding hydrogens is 350 g/mol. The number of ether oxygens (including phenoxy) is 1. The van der Waals surface area contributed by atoms with Gasteiger partial charge in [0.05, 0.1) is 19.6 Å². The molecular formula is C23H31N3O2. The van der Waals surface area contributed by atoms with Crippen LogP contribution >= 0.6 is 0 Å². The molecule has 5 nitrogen and oxygen atoms in total. The lowest BCUT2D eigenvalue weighted by Gasteiger charge is -2.39. The van der Waals surface area contributed by atoms with Gasteiger partial charge in [-0.2, -0.15) is 0 Å². The summed E-state index contributed by atoms with van der Waals surface area (Å²) in [6.07, 6.45) is 0.406. The van der Waals surface area contributed by atoms with Crippen LogP contribution in [0.3, 0.4) is 0 Å². The highest BCUT2D eigenvalue weighted by molar-refractivity contribution is 5.78. The van der Waals surface area contributed by atoms with E-state index in [-0.39, 0.29) is 11.9 Å². The number of methoxy groups -OCH3 is 1. The summed E-state index contributed by atoms with van der Waals surface area (Å²) < 4.78 is 5.61. The zero-order valence-electron chi connectivity index (χ0n) is 16.9. The topological polar surface area (TPSA) is 44.8 Å². The summed E-state index contributed by atoms with van der Waals surface area (Å²) in [5.74, 6) is 0.932. The number of benzene rings is 2. The van der Waals surface area contributed by atoms with Crippen LogP contribution in [0.1, 0.15) is 24.1 Å². The average Bonchev–Trinajstić information content (AvgIpc) is 2.75. The zero-order valence-corrected chi connectivity index (χ0v) is 16.9. The lowest BCUT2D eigenvalue weighted by atomic mass is 10.0. The highest BCUT2D eigenvalue weighted by atomic mass is 16.5. The molecule has 1 aliphatic heterocycles. The number of carbonyl (C=O) groups is 1. The summed E-state index contributed by atoms with van der Waals surface area (Å²) in [6, 6.07) is 18.1. The number of rotatable bonds is 8. The molecule has 1 aliphatic rings. The standard InChI is InChI=1S/C23H31N3O2/c1-3-25-13-15-26(16-14-25)21(20-11-7-8-12-22(20)28-2)18-24-23(27)17-19-9-5-4-6-10-19/h4-12,21H,3,13-18H2,1-2H3,(H,24,27). The van der Waals surface area contributed by atoms with Crippen LogP contribution in [0.2, 0.25) is 0 Å². The zero-order chi connectivity index (χ0) is 19.8. The number of carbonyl (C=O) groups excluding carboxylic acids is 1. The van der Waals surface area contributed by atoms with E-state index < -0.39 is 0 Å². The summed E-state index contributed by atoms with van der Waals surface area (Å²) in [7, 11) is 1.71. The van der Waals surface area contributed by atoms with Crippen LogP contribution < -0.4 is 10.1 Å². The van der Waals surface area contributed by atoms with Crippen LogP contribution in [-0.4, -0.2) is 62.1 Å². The molecule has 0 spiro atoms. The van der Waals surface area contributed by atoms with Crippen molar-refractivity contribution in [1.82, 2.24) is 15.1 Å². The van der Waals surface area contributed by atoms with Crippen molar-refractivity contribution in [3.05, 3.63) is 65.7 Å². The molecule has 5 heteroatoms. The summed E-state index contributed by atoms with van der Waals surface area (Å²) in [5, 5.41) is 3.15. The Bertz CT molecular complexity index is 743. The van der Waals surface area contributed by atoms with Crippen molar-refractivity contribution in [3.63, 3.8) is 0 Å². The van der Waals surface area contributed by atoms with Gasteiger partial charge in [0.2, 0.25) is 5.91 Å². The highest BCUT2D eigenvalue weighted by Gasteiger charge is 2.27. The fourth-order valence-electron chi connectivity index (χ4n) is 3.82. The number of piperazine rings is 1. The van der Waals surface area contributed by atoms with Crippen LogP contribution in [0.5, 0.6) is 5.75 Å². The van der Waals surface area contributed by atoms with E-state index in [1.54, 1.807) is 7.11 Å². The van der Waals surface area contributed by atoms with Crippen LogP contribution in [0.15, 0.2) is 54.6 Å². The minimum Gasteiger partial charge on any atom is -0.496 e. The first kappa shape index (κ1) is 20.4. The number of nitrogens with one attached hydrogen (secondary N) is 1. The summed E-state index contributed by atoms with van der Waals surface area (Å²) in [4.78, 5) is 17.4. The molecule has 0 radical (unpaired) electrons. The van der Waals surface area contributed by atoms with Gasteiger partial charge in [-0.25, -0.2) is 0 Å². The summed E-state index contributed by atoms with van der Waals surface area (Å²) >= 11 is 0. The average molecular weight is 382 g/mol. The van der Waals surface area contributed by atoms with Gasteiger partial charge in [0.25, 0.3) is 0 Å². The van der Waals surface area contributed by atoms with Gasteiger partial charge < -0.3 is 15.0 Å². The maximum atomic E-state index is 12.5. The van der Waals surface area contributed by atoms with E-state index in [0.717, 1.165) is 49.6 Å². The van der Waals surface area contributed by atoms with E-state index in [4.69, 9.17) is 4.74 Å². The molecule has 1 atom stereocenters. The molecule has 1 unspecified atom stereocenters. The molecule has 1 fully saturated rings. The highest BCUT2D eigenvalue weighted by Crippen LogP contribution is 2.29. The third kappa shape index (κ3) is 5.33. The van der Waals surface area contributed by atoms with E-state index in [9.17, 15) is 4.79 Å². The number of para-hydroxylation sites is 1. The first-order valence-corrected chi connectivity index (χ1v) is 10.1. The fraction of sp³-hybridized carbons (Fsp3) is 0.435. The third-order valence-electron chi connectivity index (χ3n) is 5.49. The van der Waals surface area contributed by atoms with Crippen molar-refractivity contribution >= 4 is 5.91 Å². The normalized spacial score (nSPS) is 16.5. The largest absolute Gasteiger partial charge is 0.496 e. The minimum absolute atomic E-state index is 0.0540. The van der Waals surface area contributed by atoms with Crippen molar-refractivity contribution in [2.75, 3.05) is 46.4 Å². The monoisotopic (exact) mass is 381 g/mol. The number of likely N-dealkylation sites (N-methyl/N-ethyl adjacent to an activating group) is 1. The van der Waals surface area contributed by atoms with E-state index in [1.165, 1.54) is 0 Å². The van der Waals surface area contributed by atoms with Crippen LogP contribution in [-0.2, 0) is 11.2 Å². The van der Waals surface area contributed by atoms with Crippen LogP contribution in [0.4, 0.5) is 0 Å². The molecule has 2 aromatic carbocycles. The SMILES string of the molecule is CCN1CCN(C(CNC(=O)Cc2ccccc2)c2ccccc2OC)CC1. The van der Waals surface area contributed by atoms with Gasteiger partial charge in [-0.3, -0.25) is 9.69 Å². The van der Waals surface area contributed by atoms with Gasteiger partial charge in [-0.15, -0.1) is 0 Å². The Hall–Kier alpha value is -2.37. The maximum Gasteiger partial charge on any atom is 0.224 e. The molecule has 0 aliphatic carbocycles. The lowest BCUT2D eigenvalue weighted by Crippen LogP contribution is -2.49.